The van der Waals surface area contributed by atoms with Crippen molar-refractivity contribution >= 4 is 35.6 Å². The van der Waals surface area contributed by atoms with Gasteiger partial charge in [-0.2, -0.15) is 0 Å². The van der Waals surface area contributed by atoms with E-state index in [0.717, 1.165) is 0 Å². The van der Waals surface area contributed by atoms with Crippen LogP contribution in [0, 0.1) is 11.8 Å². The standard InChI is InChI=1S/C21H39N7O7/c1-10(2)8-14(20(34)35)28-18(32)13(9-15(29)30)27-17(31)12(6-5-7-25-21(23)24)26-19(33)16(22)11(3)4/h10-14,16H,5-9,22H2,1-4H3,(H,26,33)(H,27,31)(H,28,32)(H,29,30)(H,34,35)(H4,23,24,25). The molecule has 0 aliphatic carbocycles. The predicted molar refractivity (Wildman–Crippen MR) is 128 cm³/mol. The number of aliphatic imine (C=N–C) groups is 1. The van der Waals surface area contributed by atoms with Gasteiger partial charge in [-0.3, -0.25) is 24.2 Å². The average Bonchev–Trinajstić information content (AvgIpc) is 2.72. The van der Waals surface area contributed by atoms with Gasteiger partial charge in [0.05, 0.1) is 12.5 Å². The number of carbonyl (C=O) groups is 5. The van der Waals surface area contributed by atoms with Crippen LogP contribution in [-0.2, 0) is 24.0 Å². The zero-order valence-electron chi connectivity index (χ0n) is 20.6. The molecule has 0 radical (unpaired) electrons. The Bertz CT molecular complexity index is 782. The molecular formula is C21H39N7O7. The number of aliphatic carboxylic acids is 2. The van der Waals surface area contributed by atoms with Gasteiger partial charge in [-0.25, -0.2) is 4.79 Å². The van der Waals surface area contributed by atoms with Crippen LogP contribution in [-0.4, -0.2) is 76.5 Å². The van der Waals surface area contributed by atoms with Crippen molar-refractivity contribution in [3.8, 4) is 0 Å². The van der Waals surface area contributed by atoms with Gasteiger partial charge in [0.2, 0.25) is 17.7 Å². The fraction of sp³-hybridized carbons (Fsp3) is 0.714. The van der Waals surface area contributed by atoms with Crippen LogP contribution in [0.2, 0.25) is 0 Å². The Balaban J connectivity index is 5.63. The maximum Gasteiger partial charge on any atom is 0.326 e. The molecule has 11 N–H and O–H groups in total. The fourth-order valence-electron chi connectivity index (χ4n) is 2.96. The highest BCUT2D eigenvalue weighted by atomic mass is 16.4. The third-order valence-corrected chi connectivity index (χ3v) is 4.93. The quantitative estimate of drug-likeness (QED) is 0.0661. The van der Waals surface area contributed by atoms with E-state index in [1.54, 1.807) is 27.7 Å². The van der Waals surface area contributed by atoms with Crippen molar-refractivity contribution in [2.75, 3.05) is 6.54 Å². The van der Waals surface area contributed by atoms with E-state index in [-0.39, 0.29) is 43.6 Å². The van der Waals surface area contributed by atoms with Crippen LogP contribution in [0.5, 0.6) is 0 Å². The van der Waals surface area contributed by atoms with Crippen molar-refractivity contribution in [1.82, 2.24) is 16.0 Å². The molecule has 14 nitrogen and oxygen atoms in total. The minimum atomic E-state index is -1.58. The number of hydrogen-bond donors (Lipinski definition) is 8. The largest absolute Gasteiger partial charge is 0.481 e. The van der Waals surface area contributed by atoms with Crippen molar-refractivity contribution in [2.24, 2.45) is 34.0 Å². The third kappa shape index (κ3) is 13.2. The number of carboxylic acids is 2. The predicted octanol–water partition coefficient (Wildman–Crippen LogP) is -1.92. The monoisotopic (exact) mass is 501 g/mol. The van der Waals surface area contributed by atoms with Crippen molar-refractivity contribution in [3.63, 3.8) is 0 Å². The molecule has 0 aliphatic rings. The first-order valence-electron chi connectivity index (χ1n) is 11.3. The number of nitrogens with two attached hydrogens (primary N) is 3. The molecule has 0 aromatic rings. The summed E-state index contributed by atoms with van der Waals surface area (Å²) < 4.78 is 0. The highest BCUT2D eigenvalue weighted by Crippen LogP contribution is 2.07. The second-order valence-electron chi connectivity index (χ2n) is 8.97. The molecule has 0 rings (SSSR count). The number of nitrogens with one attached hydrogen (secondary N) is 3. The molecule has 0 saturated carbocycles. The molecule has 0 bridgehead atoms. The second kappa shape index (κ2) is 15.5. The van der Waals surface area contributed by atoms with Gasteiger partial charge in [-0.15, -0.1) is 0 Å². The zero-order valence-corrected chi connectivity index (χ0v) is 20.6. The molecule has 0 aliphatic heterocycles. The summed E-state index contributed by atoms with van der Waals surface area (Å²) in [5, 5.41) is 25.6. The van der Waals surface area contributed by atoms with Crippen LogP contribution in [0.4, 0.5) is 0 Å². The van der Waals surface area contributed by atoms with E-state index < -0.39 is 60.2 Å². The van der Waals surface area contributed by atoms with Crippen molar-refractivity contribution in [2.45, 2.75) is 77.5 Å². The lowest BCUT2D eigenvalue weighted by atomic mass is 10.0. The summed E-state index contributed by atoms with van der Waals surface area (Å²) in [6.45, 7) is 7.13. The van der Waals surface area contributed by atoms with Crippen LogP contribution >= 0.6 is 0 Å². The molecular weight excluding hydrogens is 462 g/mol. The summed E-state index contributed by atoms with van der Waals surface area (Å²) >= 11 is 0. The molecule has 14 heteroatoms. The summed E-state index contributed by atoms with van der Waals surface area (Å²) in [5.74, 6) is -5.54. The van der Waals surface area contributed by atoms with Crippen LogP contribution in [0.3, 0.4) is 0 Å². The number of carboxylic acid groups (broad SMARTS) is 2. The van der Waals surface area contributed by atoms with Crippen LogP contribution in [0.25, 0.3) is 0 Å². The highest BCUT2D eigenvalue weighted by Gasteiger charge is 2.32. The van der Waals surface area contributed by atoms with Gasteiger partial charge < -0.3 is 43.4 Å². The molecule has 0 aromatic carbocycles. The van der Waals surface area contributed by atoms with E-state index in [0.29, 0.717) is 0 Å². The summed E-state index contributed by atoms with van der Waals surface area (Å²) in [7, 11) is 0. The smallest absolute Gasteiger partial charge is 0.326 e. The average molecular weight is 502 g/mol. The summed E-state index contributed by atoms with van der Waals surface area (Å²) in [4.78, 5) is 64.7. The summed E-state index contributed by atoms with van der Waals surface area (Å²) in [6.07, 6.45) is -0.360. The SMILES string of the molecule is CC(C)CC(NC(=O)C(CC(=O)O)NC(=O)C(CCCN=C(N)N)NC(=O)C(N)C(C)C)C(=O)O. The Morgan fingerprint density at radius 1 is 0.829 bits per heavy atom. The Labute approximate surface area is 204 Å². The van der Waals surface area contributed by atoms with E-state index in [1.807, 2.05) is 0 Å². The lowest BCUT2D eigenvalue weighted by Crippen LogP contribution is -2.58. The van der Waals surface area contributed by atoms with Crippen molar-refractivity contribution in [3.05, 3.63) is 0 Å². The summed E-state index contributed by atoms with van der Waals surface area (Å²) in [6, 6.07) is -4.93. The minimum Gasteiger partial charge on any atom is -0.481 e. The Morgan fingerprint density at radius 3 is 1.80 bits per heavy atom. The topological polar surface area (TPSA) is 252 Å². The molecule has 3 amide bonds. The molecule has 35 heavy (non-hydrogen) atoms. The number of carbonyl (C=O) groups excluding carboxylic acids is 3. The van der Waals surface area contributed by atoms with Gasteiger partial charge in [-0.05, 0) is 31.1 Å². The Hall–Kier alpha value is -3.42. The number of guanidine groups is 1. The molecule has 4 unspecified atom stereocenters. The van der Waals surface area contributed by atoms with E-state index in [1.165, 1.54) is 0 Å². The Morgan fingerprint density at radius 2 is 1.34 bits per heavy atom. The van der Waals surface area contributed by atoms with Crippen LogP contribution in [0.15, 0.2) is 4.99 Å². The fourth-order valence-corrected chi connectivity index (χ4v) is 2.96. The van der Waals surface area contributed by atoms with Gasteiger partial charge in [-0.1, -0.05) is 27.7 Å². The zero-order chi connectivity index (χ0) is 27.3. The van der Waals surface area contributed by atoms with E-state index in [2.05, 4.69) is 20.9 Å². The van der Waals surface area contributed by atoms with Crippen LogP contribution < -0.4 is 33.2 Å². The maximum atomic E-state index is 13.0. The van der Waals surface area contributed by atoms with E-state index >= 15 is 0 Å². The van der Waals surface area contributed by atoms with E-state index in [9.17, 15) is 34.2 Å². The first-order chi connectivity index (χ1) is 16.1. The highest BCUT2D eigenvalue weighted by molar-refractivity contribution is 5.95. The first-order valence-corrected chi connectivity index (χ1v) is 11.3. The number of rotatable bonds is 16. The number of hydrogen-bond acceptors (Lipinski definition) is 7. The van der Waals surface area contributed by atoms with Gasteiger partial charge in [0, 0.05) is 6.54 Å². The van der Waals surface area contributed by atoms with Gasteiger partial charge in [0.25, 0.3) is 0 Å². The van der Waals surface area contributed by atoms with Crippen molar-refractivity contribution in [1.29, 1.82) is 0 Å². The van der Waals surface area contributed by atoms with Crippen LogP contribution in [0.1, 0.15) is 53.4 Å². The second-order valence-corrected chi connectivity index (χ2v) is 8.97. The summed E-state index contributed by atoms with van der Waals surface area (Å²) in [5.41, 5.74) is 16.4. The molecule has 4 atom stereocenters. The first kappa shape index (κ1) is 31.6. The molecule has 0 aromatic heterocycles. The molecule has 200 valence electrons. The lowest BCUT2D eigenvalue weighted by Gasteiger charge is -2.25. The van der Waals surface area contributed by atoms with Crippen molar-refractivity contribution < 1.29 is 34.2 Å². The number of amides is 3. The molecule has 0 fully saturated rings. The minimum absolute atomic E-state index is 0.0612. The molecule has 0 spiro atoms. The normalized spacial score (nSPS) is 14.4. The lowest BCUT2D eigenvalue weighted by molar-refractivity contribution is -0.144. The number of nitrogens with zero attached hydrogens (tertiary/aromatic N) is 1. The molecule has 0 saturated heterocycles. The van der Waals surface area contributed by atoms with Gasteiger partial charge >= 0.3 is 11.9 Å². The third-order valence-electron chi connectivity index (χ3n) is 4.93. The van der Waals surface area contributed by atoms with E-state index in [4.69, 9.17) is 17.2 Å². The molecule has 0 heterocycles. The maximum absolute atomic E-state index is 13.0. The van der Waals surface area contributed by atoms with Gasteiger partial charge in [0.15, 0.2) is 5.96 Å². The van der Waals surface area contributed by atoms with Gasteiger partial charge in [0.1, 0.15) is 18.1 Å². The Kier molecular flexibility index (Phi) is 14.0.